The number of aliphatic carboxylic acids is 1. The molecular weight excluding hydrogens is 331 g/mol. The summed E-state index contributed by atoms with van der Waals surface area (Å²) in [5.74, 6) is -1.61. The van der Waals surface area contributed by atoms with E-state index in [1.165, 1.54) is 23.1 Å². The summed E-state index contributed by atoms with van der Waals surface area (Å²) < 4.78 is 24.7. The summed E-state index contributed by atoms with van der Waals surface area (Å²) in [7, 11) is 0. The molecule has 2 heterocycles. The first-order valence-corrected chi connectivity index (χ1v) is 8.35. The number of likely N-dealkylation sites (tertiary alicyclic amines) is 1. The molecule has 0 saturated carbocycles. The Balaban J connectivity index is 1.63. The Kier molecular flexibility index (Phi) is 5.37. The largest absolute Gasteiger partial charge is 0.489 e. The number of carbonyl (C=O) groups is 2. The molecule has 0 spiro atoms. The van der Waals surface area contributed by atoms with Gasteiger partial charge in [-0.15, -0.1) is 0 Å². The molecule has 0 radical (unpaired) electrons. The van der Waals surface area contributed by atoms with Crippen molar-refractivity contribution < 1.29 is 28.6 Å². The lowest BCUT2D eigenvalue weighted by Gasteiger charge is -2.19. The highest BCUT2D eigenvalue weighted by Gasteiger charge is 2.31. The smallest absolute Gasteiger partial charge is 0.321 e. The molecule has 0 aromatic heterocycles. The summed E-state index contributed by atoms with van der Waals surface area (Å²) in [6.45, 7) is 1.53. The highest BCUT2D eigenvalue weighted by molar-refractivity contribution is 5.91. The number of amides is 2. The van der Waals surface area contributed by atoms with Crippen LogP contribution in [0.15, 0.2) is 18.2 Å². The van der Waals surface area contributed by atoms with Crippen LogP contribution in [0.2, 0.25) is 0 Å². The van der Waals surface area contributed by atoms with Crippen molar-refractivity contribution in [3.63, 3.8) is 0 Å². The summed E-state index contributed by atoms with van der Waals surface area (Å²) in [6.07, 6.45) is 2.31. The molecule has 0 bridgehead atoms. The number of halogens is 1. The molecule has 8 heteroatoms. The van der Waals surface area contributed by atoms with Crippen LogP contribution in [0.25, 0.3) is 0 Å². The molecule has 2 fully saturated rings. The van der Waals surface area contributed by atoms with Gasteiger partial charge in [-0.2, -0.15) is 0 Å². The molecule has 2 amide bonds. The number of carboxylic acids is 1. The molecule has 1 aromatic rings. The number of carboxylic acid groups (broad SMARTS) is 1. The van der Waals surface area contributed by atoms with E-state index in [9.17, 15) is 14.0 Å². The zero-order chi connectivity index (χ0) is 17.8. The molecule has 2 atom stereocenters. The third-order valence-electron chi connectivity index (χ3n) is 4.46. The minimum Gasteiger partial charge on any atom is -0.489 e. The van der Waals surface area contributed by atoms with Crippen molar-refractivity contribution in [3.8, 4) is 5.75 Å². The number of urea groups is 1. The second-order valence-corrected chi connectivity index (χ2v) is 6.29. The third kappa shape index (κ3) is 4.39. The standard InChI is InChI=1S/C17H21FN2O5/c18-12-3-4-15(25-10-13-2-1-7-24-13)14(8-12)19-17(23)20-6-5-11(9-20)16(21)22/h3-4,8,11,13H,1-2,5-7,9-10H2,(H,19,23)(H,21,22). The van der Waals surface area contributed by atoms with Crippen molar-refractivity contribution in [1.82, 2.24) is 4.90 Å². The highest BCUT2D eigenvalue weighted by atomic mass is 19.1. The van der Waals surface area contributed by atoms with Gasteiger partial charge in [-0.1, -0.05) is 0 Å². The number of rotatable bonds is 5. The van der Waals surface area contributed by atoms with E-state index in [0.717, 1.165) is 12.8 Å². The molecule has 0 aliphatic carbocycles. The first-order chi connectivity index (χ1) is 12.0. The molecule has 2 N–H and O–H groups in total. The molecule has 1 aromatic carbocycles. The lowest BCUT2D eigenvalue weighted by molar-refractivity contribution is -0.141. The molecule has 2 aliphatic rings. The second-order valence-electron chi connectivity index (χ2n) is 6.29. The predicted molar refractivity (Wildman–Crippen MR) is 87.2 cm³/mol. The van der Waals surface area contributed by atoms with Crippen molar-refractivity contribution in [2.45, 2.75) is 25.4 Å². The average Bonchev–Trinajstić information content (AvgIpc) is 3.26. The quantitative estimate of drug-likeness (QED) is 0.849. The van der Waals surface area contributed by atoms with Gasteiger partial charge < -0.3 is 24.8 Å². The molecule has 3 rings (SSSR count). The van der Waals surface area contributed by atoms with Crippen LogP contribution in [0.3, 0.4) is 0 Å². The van der Waals surface area contributed by atoms with Crippen molar-refractivity contribution in [3.05, 3.63) is 24.0 Å². The second kappa shape index (κ2) is 7.69. The van der Waals surface area contributed by atoms with Crippen LogP contribution in [0, 0.1) is 11.7 Å². The average molecular weight is 352 g/mol. The van der Waals surface area contributed by atoms with Gasteiger partial charge in [0.1, 0.15) is 18.2 Å². The molecule has 136 valence electrons. The fourth-order valence-corrected chi connectivity index (χ4v) is 3.02. The zero-order valence-corrected chi connectivity index (χ0v) is 13.7. The van der Waals surface area contributed by atoms with Gasteiger partial charge in [0.05, 0.1) is 17.7 Å². The van der Waals surface area contributed by atoms with Crippen LogP contribution in [0.4, 0.5) is 14.9 Å². The monoisotopic (exact) mass is 352 g/mol. The number of benzene rings is 1. The highest BCUT2D eigenvalue weighted by Crippen LogP contribution is 2.27. The van der Waals surface area contributed by atoms with Crippen molar-refractivity contribution >= 4 is 17.7 Å². The predicted octanol–water partition coefficient (Wildman–Crippen LogP) is 2.32. The van der Waals surface area contributed by atoms with E-state index in [2.05, 4.69) is 5.32 Å². The Morgan fingerprint density at radius 2 is 2.24 bits per heavy atom. The number of anilines is 1. The van der Waals surface area contributed by atoms with Gasteiger partial charge in [0.2, 0.25) is 0 Å². The van der Waals surface area contributed by atoms with Gasteiger partial charge >= 0.3 is 12.0 Å². The Morgan fingerprint density at radius 1 is 1.40 bits per heavy atom. The normalized spacial score (nSPS) is 22.8. The van der Waals surface area contributed by atoms with Crippen LogP contribution >= 0.6 is 0 Å². The summed E-state index contributed by atoms with van der Waals surface area (Å²) in [6, 6.07) is 3.45. The number of ether oxygens (including phenoxy) is 2. The molecule has 7 nitrogen and oxygen atoms in total. The van der Waals surface area contributed by atoms with Crippen molar-refractivity contribution in [2.75, 3.05) is 31.6 Å². The van der Waals surface area contributed by atoms with Crippen LogP contribution in [0.5, 0.6) is 5.75 Å². The topological polar surface area (TPSA) is 88.1 Å². The first kappa shape index (κ1) is 17.5. The number of hydrogen-bond acceptors (Lipinski definition) is 4. The minimum absolute atomic E-state index is 0.00325. The summed E-state index contributed by atoms with van der Waals surface area (Å²) in [5, 5.41) is 11.6. The van der Waals surface area contributed by atoms with Crippen LogP contribution in [-0.2, 0) is 9.53 Å². The number of hydrogen-bond donors (Lipinski definition) is 2. The number of nitrogens with one attached hydrogen (secondary N) is 1. The van der Waals surface area contributed by atoms with E-state index in [0.29, 0.717) is 31.9 Å². The molecule has 2 unspecified atom stereocenters. The van der Waals surface area contributed by atoms with Crippen LogP contribution in [-0.4, -0.2) is 54.4 Å². The van der Waals surface area contributed by atoms with Gasteiger partial charge in [0.15, 0.2) is 0 Å². The van der Waals surface area contributed by atoms with Crippen molar-refractivity contribution in [2.24, 2.45) is 5.92 Å². The Morgan fingerprint density at radius 3 is 2.92 bits per heavy atom. The van der Waals surface area contributed by atoms with E-state index >= 15 is 0 Å². The van der Waals surface area contributed by atoms with Crippen molar-refractivity contribution in [1.29, 1.82) is 0 Å². The maximum absolute atomic E-state index is 13.6. The van der Waals surface area contributed by atoms with E-state index < -0.39 is 23.7 Å². The van der Waals surface area contributed by atoms with E-state index in [-0.39, 0.29) is 18.3 Å². The van der Waals surface area contributed by atoms with Crippen LogP contribution < -0.4 is 10.1 Å². The van der Waals surface area contributed by atoms with Gasteiger partial charge in [-0.3, -0.25) is 4.79 Å². The van der Waals surface area contributed by atoms with Gasteiger partial charge in [0, 0.05) is 25.8 Å². The SMILES string of the molecule is O=C(O)C1CCN(C(=O)Nc2cc(F)ccc2OCC2CCCO2)C1. The fraction of sp³-hybridized carbons (Fsp3) is 0.529. The lowest BCUT2D eigenvalue weighted by Crippen LogP contribution is -2.34. The number of nitrogens with zero attached hydrogens (tertiary/aromatic N) is 1. The minimum atomic E-state index is -0.915. The molecule has 2 saturated heterocycles. The Labute approximate surface area is 144 Å². The summed E-state index contributed by atoms with van der Waals surface area (Å²) in [4.78, 5) is 24.7. The van der Waals surface area contributed by atoms with Gasteiger partial charge in [-0.05, 0) is 31.4 Å². The Bertz CT molecular complexity index is 648. The van der Waals surface area contributed by atoms with Crippen LogP contribution in [0.1, 0.15) is 19.3 Å². The lowest BCUT2D eigenvalue weighted by atomic mass is 10.1. The first-order valence-electron chi connectivity index (χ1n) is 8.35. The molecule has 2 aliphatic heterocycles. The summed E-state index contributed by atoms with van der Waals surface area (Å²) >= 11 is 0. The van der Waals surface area contributed by atoms with Gasteiger partial charge in [-0.25, -0.2) is 9.18 Å². The third-order valence-corrected chi connectivity index (χ3v) is 4.46. The number of carbonyl (C=O) groups excluding carboxylic acids is 1. The molecular formula is C17H21FN2O5. The Hall–Kier alpha value is -2.35. The maximum Gasteiger partial charge on any atom is 0.321 e. The molecule has 25 heavy (non-hydrogen) atoms. The van der Waals surface area contributed by atoms with E-state index in [4.69, 9.17) is 14.6 Å². The fourth-order valence-electron chi connectivity index (χ4n) is 3.02. The summed E-state index contributed by atoms with van der Waals surface area (Å²) in [5.41, 5.74) is 0.224. The zero-order valence-electron chi connectivity index (χ0n) is 13.7. The maximum atomic E-state index is 13.6. The van der Waals surface area contributed by atoms with E-state index in [1.54, 1.807) is 0 Å². The van der Waals surface area contributed by atoms with Gasteiger partial charge in [0.25, 0.3) is 0 Å². The van der Waals surface area contributed by atoms with E-state index in [1.807, 2.05) is 0 Å².